The van der Waals surface area contributed by atoms with Gasteiger partial charge in [-0.15, -0.1) is 0 Å². The molecule has 1 aliphatic heterocycles. The molecule has 1 fully saturated rings. The molecule has 0 spiro atoms. The summed E-state index contributed by atoms with van der Waals surface area (Å²) in [4.78, 5) is 37.8. The molecular weight excluding hydrogens is 464 g/mol. The Kier molecular flexibility index (Phi) is 5.84. The Morgan fingerprint density at radius 2 is 1.82 bits per heavy atom. The number of nitro groups is 1. The molecule has 0 aliphatic carbocycles. The van der Waals surface area contributed by atoms with Crippen LogP contribution in [-0.2, 0) is 9.59 Å². The van der Waals surface area contributed by atoms with Gasteiger partial charge in [-0.1, -0.05) is 29.8 Å². The van der Waals surface area contributed by atoms with Gasteiger partial charge in [0.15, 0.2) is 5.11 Å². The maximum atomic E-state index is 13.3. The van der Waals surface area contributed by atoms with Gasteiger partial charge in [0.2, 0.25) is 0 Å². The number of non-ortho nitro benzene ring substituents is 1. The second-order valence-electron chi connectivity index (χ2n) is 7.35. The molecule has 3 aromatic rings. The van der Waals surface area contributed by atoms with Crippen molar-refractivity contribution in [3.05, 3.63) is 92.3 Å². The summed E-state index contributed by atoms with van der Waals surface area (Å²) in [7, 11) is 0. The number of hydrogen-bond donors (Lipinski definition) is 1. The molecule has 1 N–H and O–H groups in total. The third kappa shape index (κ3) is 4.04. The van der Waals surface area contributed by atoms with Crippen molar-refractivity contribution in [3.63, 3.8) is 0 Å². The van der Waals surface area contributed by atoms with Gasteiger partial charge in [-0.05, 0) is 62.0 Å². The number of anilines is 1. The molecule has 0 unspecified atom stereocenters. The molecule has 1 aliphatic rings. The SMILES string of the molecule is Cc1cc(/C=C2\C(=O)NC(=S)N(c3ccccc3Cl)C2=O)c(C)n1-c1cccc([N+](=O)[O-])c1. The van der Waals surface area contributed by atoms with E-state index in [0.717, 1.165) is 5.69 Å². The number of amides is 2. The summed E-state index contributed by atoms with van der Waals surface area (Å²) in [6.45, 7) is 3.64. The number of halogens is 1. The number of para-hydroxylation sites is 1. The monoisotopic (exact) mass is 480 g/mol. The van der Waals surface area contributed by atoms with E-state index in [1.165, 1.54) is 23.1 Å². The minimum atomic E-state index is -0.617. The number of thiocarbonyl (C=S) groups is 1. The maximum absolute atomic E-state index is 13.3. The fourth-order valence-corrected chi connectivity index (χ4v) is 4.24. The zero-order valence-electron chi connectivity index (χ0n) is 17.5. The summed E-state index contributed by atoms with van der Waals surface area (Å²) < 4.78 is 1.82. The number of rotatable bonds is 4. The number of aromatic nitrogens is 1. The summed E-state index contributed by atoms with van der Waals surface area (Å²) >= 11 is 11.5. The average molecular weight is 481 g/mol. The minimum absolute atomic E-state index is 0.0364. The Hall–Kier alpha value is -3.82. The highest BCUT2D eigenvalue weighted by Crippen LogP contribution is 2.30. The van der Waals surface area contributed by atoms with Gasteiger partial charge >= 0.3 is 0 Å². The summed E-state index contributed by atoms with van der Waals surface area (Å²) in [5, 5.41) is 14.0. The molecule has 166 valence electrons. The van der Waals surface area contributed by atoms with Crippen molar-refractivity contribution in [2.24, 2.45) is 0 Å². The second-order valence-corrected chi connectivity index (χ2v) is 8.14. The van der Waals surface area contributed by atoms with Crippen LogP contribution in [0.15, 0.2) is 60.2 Å². The van der Waals surface area contributed by atoms with E-state index in [1.54, 1.807) is 49.4 Å². The Labute approximate surface area is 199 Å². The van der Waals surface area contributed by atoms with Crippen LogP contribution >= 0.6 is 23.8 Å². The lowest BCUT2D eigenvalue weighted by Gasteiger charge is -2.29. The average Bonchev–Trinajstić information content (AvgIpc) is 3.05. The maximum Gasteiger partial charge on any atom is 0.271 e. The highest BCUT2D eigenvalue weighted by Gasteiger charge is 2.35. The fourth-order valence-electron chi connectivity index (χ4n) is 3.74. The third-order valence-electron chi connectivity index (χ3n) is 5.26. The van der Waals surface area contributed by atoms with Crippen LogP contribution in [-0.4, -0.2) is 26.4 Å². The molecule has 33 heavy (non-hydrogen) atoms. The van der Waals surface area contributed by atoms with Crippen molar-refractivity contribution >= 4 is 58.2 Å². The van der Waals surface area contributed by atoms with Crippen LogP contribution < -0.4 is 10.2 Å². The van der Waals surface area contributed by atoms with E-state index in [0.29, 0.717) is 27.7 Å². The van der Waals surface area contributed by atoms with E-state index in [1.807, 2.05) is 11.5 Å². The molecule has 2 amide bonds. The summed E-state index contributed by atoms with van der Waals surface area (Å²) in [6, 6.07) is 14.7. The molecule has 1 aromatic heterocycles. The van der Waals surface area contributed by atoms with E-state index in [4.69, 9.17) is 23.8 Å². The van der Waals surface area contributed by atoms with Crippen LogP contribution in [0.4, 0.5) is 11.4 Å². The van der Waals surface area contributed by atoms with Gasteiger partial charge in [0, 0.05) is 23.5 Å². The zero-order valence-corrected chi connectivity index (χ0v) is 19.1. The normalized spacial score (nSPS) is 15.2. The second kappa shape index (κ2) is 8.61. The first-order valence-corrected chi connectivity index (χ1v) is 10.6. The smallest absolute Gasteiger partial charge is 0.271 e. The number of carbonyl (C=O) groups is 2. The van der Waals surface area contributed by atoms with E-state index in [2.05, 4.69) is 5.32 Å². The molecule has 2 aromatic carbocycles. The van der Waals surface area contributed by atoms with Gasteiger partial charge in [-0.2, -0.15) is 0 Å². The van der Waals surface area contributed by atoms with Gasteiger partial charge in [-0.3, -0.25) is 29.9 Å². The molecule has 4 rings (SSSR count). The molecule has 2 heterocycles. The van der Waals surface area contributed by atoms with Crippen LogP contribution in [0.2, 0.25) is 5.02 Å². The standard InChI is InChI=1S/C23H17ClN4O4S/c1-13-10-15(14(2)26(13)16-6-5-7-17(12-16)28(31)32)11-18-21(29)25-23(33)27(22(18)30)20-9-4-3-8-19(20)24/h3-12H,1-2H3,(H,25,29,33)/b18-11+. The number of benzene rings is 2. The Morgan fingerprint density at radius 3 is 2.52 bits per heavy atom. The molecule has 8 nitrogen and oxygen atoms in total. The molecule has 1 saturated heterocycles. The van der Waals surface area contributed by atoms with E-state index >= 15 is 0 Å². The van der Waals surface area contributed by atoms with Crippen LogP contribution in [0.25, 0.3) is 11.8 Å². The number of nitrogens with zero attached hydrogens (tertiary/aromatic N) is 3. The lowest BCUT2D eigenvalue weighted by molar-refractivity contribution is -0.384. The summed E-state index contributed by atoms with van der Waals surface area (Å²) in [5.74, 6) is -1.22. The van der Waals surface area contributed by atoms with E-state index < -0.39 is 16.7 Å². The largest absolute Gasteiger partial charge is 0.318 e. The van der Waals surface area contributed by atoms with Gasteiger partial charge < -0.3 is 4.57 Å². The first-order chi connectivity index (χ1) is 15.7. The van der Waals surface area contributed by atoms with Gasteiger partial charge in [0.05, 0.1) is 21.3 Å². The summed E-state index contributed by atoms with van der Waals surface area (Å²) in [5.41, 5.74) is 2.92. The number of hydrogen-bond acceptors (Lipinski definition) is 5. The minimum Gasteiger partial charge on any atom is -0.318 e. The molecule has 0 saturated carbocycles. The van der Waals surface area contributed by atoms with Crippen molar-refractivity contribution in [1.29, 1.82) is 0 Å². The van der Waals surface area contributed by atoms with Crippen molar-refractivity contribution in [2.45, 2.75) is 13.8 Å². The van der Waals surface area contributed by atoms with Crippen molar-refractivity contribution in [1.82, 2.24) is 9.88 Å². The quantitative estimate of drug-likeness (QED) is 0.195. The van der Waals surface area contributed by atoms with E-state index in [-0.39, 0.29) is 16.4 Å². The molecule has 10 heteroatoms. The number of nitro benzene ring substituents is 1. The van der Waals surface area contributed by atoms with Crippen molar-refractivity contribution in [2.75, 3.05) is 4.90 Å². The number of aryl methyl sites for hydroxylation is 1. The fraction of sp³-hybridized carbons (Fsp3) is 0.0870. The first-order valence-electron chi connectivity index (χ1n) is 9.79. The Morgan fingerprint density at radius 1 is 1.09 bits per heavy atom. The van der Waals surface area contributed by atoms with Crippen molar-refractivity contribution in [3.8, 4) is 5.69 Å². The topological polar surface area (TPSA) is 97.5 Å². The lowest BCUT2D eigenvalue weighted by Crippen LogP contribution is -2.54. The van der Waals surface area contributed by atoms with Crippen LogP contribution in [0.5, 0.6) is 0 Å². The predicted molar refractivity (Wildman–Crippen MR) is 130 cm³/mol. The number of carbonyl (C=O) groups excluding carboxylic acids is 2. The number of nitrogens with one attached hydrogen (secondary N) is 1. The third-order valence-corrected chi connectivity index (χ3v) is 5.87. The van der Waals surface area contributed by atoms with Crippen LogP contribution in [0.1, 0.15) is 17.0 Å². The highest BCUT2D eigenvalue weighted by molar-refractivity contribution is 7.80. The highest BCUT2D eigenvalue weighted by atomic mass is 35.5. The van der Waals surface area contributed by atoms with Gasteiger partial charge in [-0.25, -0.2) is 0 Å². The summed E-state index contributed by atoms with van der Waals surface area (Å²) in [6.07, 6.45) is 1.49. The Balaban J connectivity index is 1.78. The Bertz CT molecular complexity index is 1380. The lowest BCUT2D eigenvalue weighted by atomic mass is 10.1. The molecule has 0 radical (unpaired) electrons. The molecule has 0 bridgehead atoms. The molecular formula is C23H17ClN4O4S. The van der Waals surface area contributed by atoms with Crippen molar-refractivity contribution < 1.29 is 14.5 Å². The van der Waals surface area contributed by atoms with Gasteiger partial charge in [0.25, 0.3) is 17.5 Å². The first kappa shape index (κ1) is 22.4. The predicted octanol–water partition coefficient (Wildman–Crippen LogP) is 4.49. The zero-order chi connectivity index (χ0) is 23.9. The van der Waals surface area contributed by atoms with Crippen LogP contribution in [0.3, 0.4) is 0 Å². The van der Waals surface area contributed by atoms with Gasteiger partial charge in [0.1, 0.15) is 5.57 Å². The van der Waals surface area contributed by atoms with E-state index in [9.17, 15) is 19.7 Å². The molecule has 0 atom stereocenters. The van der Waals surface area contributed by atoms with Crippen LogP contribution in [0, 0.1) is 24.0 Å².